The number of nitriles is 1. The molecule has 5 rings (SSSR count). The van der Waals surface area contributed by atoms with Crippen molar-refractivity contribution in [3.8, 4) is 28.3 Å². The number of anilines is 1. The summed E-state index contributed by atoms with van der Waals surface area (Å²) < 4.78 is 3.51. The summed E-state index contributed by atoms with van der Waals surface area (Å²) in [4.78, 5) is 20.5. The molecule has 1 fully saturated rings. The minimum absolute atomic E-state index is 0.112. The number of nitrogens with zero attached hydrogens (tertiary/aromatic N) is 8. The third-order valence-corrected chi connectivity index (χ3v) is 6.16. The molecule has 0 aliphatic carbocycles. The van der Waals surface area contributed by atoms with E-state index in [1.165, 1.54) is 0 Å². The highest BCUT2D eigenvalue weighted by Crippen LogP contribution is 2.33. The Hall–Kier alpha value is -4.19. The van der Waals surface area contributed by atoms with Crippen LogP contribution in [0.2, 0.25) is 0 Å². The number of rotatable bonds is 3. The molecule has 0 bridgehead atoms. The van der Waals surface area contributed by atoms with Crippen LogP contribution in [0, 0.1) is 18.3 Å². The molecule has 1 amide bonds. The Morgan fingerprint density at radius 1 is 1.00 bits per heavy atom. The summed E-state index contributed by atoms with van der Waals surface area (Å²) in [6, 6.07) is 6.43. The molecule has 5 heterocycles. The summed E-state index contributed by atoms with van der Waals surface area (Å²) in [6.45, 7) is 6.58. The second kappa shape index (κ2) is 8.06. The zero-order valence-electron chi connectivity index (χ0n) is 18.9. The van der Waals surface area contributed by atoms with Crippen molar-refractivity contribution in [1.82, 2.24) is 29.3 Å². The average Bonchev–Trinajstić information content (AvgIpc) is 3.44. The molecule has 0 aromatic carbocycles. The number of fused-ring (bicyclic) bond motifs is 1. The van der Waals surface area contributed by atoms with E-state index in [2.05, 4.69) is 33.3 Å². The van der Waals surface area contributed by atoms with Crippen LogP contribution in [-0.2, 0) is 11.8 Å². The maximum absolute atomic E-state index is 11.6. The zero-order valence-corrected chi connectivity index (χ0v) is 18.9. The average molecular weight is 441 g/mol. The Bertz CT molecular complexity index is 1400. The molecule has 166 valence electrons. The predicted molar refractivity (Wildman–Crippen MR) is 125 cm³/mol. The fourth-order valence-electron chi connectivity index (χ4n) is 4.43. The lowest BCUT2D eigenvalue weighted by Gasteiger charge is -2.35. The van der Waals surface area contributed by atoms with Gasteiger partial charge >= 0.3 is 0 Å². The second-order valence-corrected chi connectivity index (χ2v) is 8.37. The number of pyridine rings is 2. The van der Waals surface area contributed by atoms with Gasteiger partial charge in [0, 0.05) is 81.0 Å². The largest absolute Gasteiger partial charge is 0.353 e. The normalized spacial score (nSPS) is 14.0. The van der Waals surface area contributed by atoms with E-state index in [0.717, 1.165) is 52.2 Å². The fourth-order valence-corrected chi connectivity index (χ4v) is 4.43. The van der Waals surface area contributed by atoms with Gasteiger partial charge in [-0.05, 0) is 24.6 Å². The van der Waals surface area contributed by atoms with Crippen molar-refractivity contribution in [3.63, 3.8) is 0 Å². The summed E-state index contributed by atoms with van der Waals surface area (Å²) in [6.07, 6.45) is 9.13. The Morgan fingerprint density at radius 3 is 2.42 bits per heavy atom. The van der Waals surface area contributed by atoms with Gasteiger partial charge in [0.15, 0.2) is 0 Å². The molecule has 0 radical (unpaired) electrons. The first-order valence-electron chi connectivity index (χ1n) is 10.8. The Kier molecular flexibility index (Phi) is 5.05. The lowest BCUT2D eigenvalue weighted by molar-refractivity contribution is -0.129. The van der Waals surface area contributed by atoms with Crippen molar-refractivity contribution < 1.29 is 4.79 Å². The maximum atomic E-state index is 11.6. The third-order valence-electron chi connectivity index (χ3n) is 6.16. The molecule has 0 saturated carbocycles. The molecular weight excluding hydrogens is 416 g/mol. The standard InChI is InChI=1S/C24H24N8O/c1-16-8-18(11-26-24(16)31-6-4-30(5-7-31)17(2)33)22-9-19(21-13-27-29(3)14-21)15-32-23(22)20(10-25)12-28-32/h8-9,11-15H,4-7H2,1-3H3. The van der Waals surface area contributed by atoms with Crippen LogP contribution >= 0.6 is 0 Å². The lowest BCUT2D eigenvalue weighted by atomic mass is 10.00. The van der Waals surface area contributed by atoms with Gasteiger partial charge in [-0.2, -0.15) is 15.5 Å². The van der Waals surface area contributed by atoms with E-state index in [9.17, 15) is 10.1 Å². The number of piperazine rings is 1. The summed E-state index contributed by atoms with van der Waals surface area (Å²) in [5.41, 5.74) is 6.07. The van der Waals surface area contributed by atoms with Crippen LogP contribution in [0.1, 0.15) is 18.1 Å². The van der Waals surface area contributed by atoms with Crippen LogP contribution in [-0.4, -0.2) is 61.4 Å². The van der Waals surface area contributed by atoms with Gasteiger partial charge < -0.3 is 9.80 Å². The number of aryl methyl sites for hydroxylation is 2. The number of amides is 1. The van der Waals surface area contributed by atoms with Crippen LogP contribution in [0.5, 0.6) is 0 Å². The van der Waals surface area contributed by atoms with Crippen molar-refractivity contribution in [3.05, 3.63) is 54.2 Å². The van der Waals surface area contributed by atoms with Gasteiger partial charge in [-0.3, -0.25) is 9.48 Å². The summed E-state index contributed by atoms with van der Waals surface area (Å²) in [5.74, 6) is 1.04. The van der Waals surface area contributed by atoms with Crippen molar-refractivity contribution in [2.45, 2.75) is 13.8 Å². The molecule has 1 aliphatic rings. The monoisotopic (exact) mass is 440 g/mol. The smallest absolute Gasteiger partial charge is 0.219 e. The van der Waals surface area contributed by atoms with E-state index in [4.69, 9.17) is 4.98 Å². The highest BCUT2D eigenvalue weighted by molar-refractivity contribution is 5.87. The van der Waals surface area contributed by atoms with Gasteiger partial charge in [0.2, 0.25) is 5.91 Å². The number of carbonyl (C=O) groups is 1. The second-order valence-electron chi connectivity index (χ2n) is 8.37. The topological polar surface area (TPSA) is 95.3 Å². The van der Waals surface area contributed by atoms with E-state index in [1.54, 1.807) is 22.3 Å². The van der Waals surface area contributed by atoms with Gasteiger partial charge in [-0.25, -0.2) is 9.50 Å². The van der Waals surface area contributed by atoms with Crippen LogP contribution < -0.4 is 4.90 Å². The SMILES string of the molecule is CC(=O)N1CCN(c2ncc(-c3cc(-c4cnn(C)c4)cn4ncc(C#N)c34)cc2C)CC1. The highest BCUT2D eigenvalue weighted by atomic mass is 16.2. The Balaban J connectivity index is 1.56. The van der Waals surface area contributed by atoms with E-state index < -0.39 is 0 Å². The first-order chi connectivity index (χ1) is 15.9. The first kappa shape index (κ1) is 20.7. The first-order valence-corrected chi connectivity index (χ1v) is 10.8. The molecule has 0 spiro atoms. The van der Waals surface area contributed by atoms with Crippen LogP contribution in [0.15, 0.2) is 43.1 Å². The number of carbonyl (C=O) groups excluding carboxylic acids is 1. The van der Waals surface area contributed by atoms with E-state index in [1.807, 2.05) is 43.7 Å². The van der Waals surface area contributed by atoms with E-state index in [0.29, 0.717) is 18.7 Å². The molecule has 9 heteroatoms. The minimum Gasteiger partial charge on any atom is -0.353 e. The van der Waals surface area contributed by atoms with Gasteiger partial charge in [0.25, 0.3) is 0 Å². The van der Waals surface area contributed by atoms with Gasteiger partial charge in [-0.1, -0.05) is 0 Å². The number of hydrogen-bond acceptors (Lipinski definition) is 6. The van der Waals surface area contributed by atoms with Crippen molar-refractivity contribution >= 4 is 17.2 Å². The molecule has 33 heavy (non-hydrogen) atoms. The molecule has 0 unspecified atom stereocenters. The predicted octanol–water partition coefficient (Wildman–Crippen LogP) is 2.65. The molecule has 4 aromatic rings. The molecule has 0 N–H and O–H groups in total. The molecule has 9 nitrogen and oxygen atoms in total. The van der Waals surface area contributed by atoms with Gasteiger partial charge in [0.1, 0.15) is 11.9 Å². The maximum Gasteiger partial charge on any atom is 0.219 e. The van der Waals surface area contributed by atoms with Crippen LogP contribution in [0.3, 0.4) is 0 Å². The van der Waals surface area contributed by atoms with Gasteiger partial charge in [0.05, 0.1) is 23.5 Å². The van der Waals surface area contributed by atoms with Crippen molar-refractivity contribution in [2.24, 2.45) is 7.05 Å². The number of hydrogen-bond donors (Lipinski definition) is 0. The van der Waals surface area contributed by atoms with Crippen LogP contribution in [0.25, 0.3) is 27.8 Å². The van der Waals surface area contributed by atoms with Crippen molar-refractivity contribution in [2.75, 3.05) is 31.1 Å². The Morgan fingerprint density at radius 2 is 1.79 bits per heavy atom. The van der Waals surface area contributed by atoms with E-state index in [-0.39, 0.29) is 5.91 Å². The van der Waals surface area contributed by atoms with Crippen LogP contribution in [0.4, 0.5) is 5.82 Å². The molecule has 0 atom stereocenters. The molecular formula is C24H24N8O. The van der Waals surface area contributed by atoms with Gasteiger partial charge in [-0.15, -0.1) is 0 Å². The summed E-state index contributed by atoms with van der Waals surface area (Å²) in [5, 5.41) is 18.3. The summed E-state index contributed by atoms with van der Waals surface area (Å²) in [7, 11) is 1.88. The minimum atomic E-state index is 0.112. The zero-order chi connectivity index (χ0) is 23.1. The quantitative estimate of drug-likeness (QED) is 0.486. The highest BCUT2D eigenvalue weighted by Gasteiger charge is 2.22. The number of aromatic nitrogens is 5. The van der Waals surface area contributed by atoms with Crippen molar-refractivity contribution in [1.29, 1.82) is 5.26 Å². The molecule has 1 saturated heterocycles. The lowest BCUT2D eigenvalue weighted by Crippen LogP contribution is -2.48. The van der Waals surface area contributed by atoms with E-state index >= 15 is 0 Å². The summed E-state index contributed by atoms with van der Waals surface area (Å²) >= 11 is 0. The third kappa shape index (κ3) is 3.69. The molecule has 1 aliphatic heterocycles. The fraction of sp³-hybridized carbons (Fsp3) is 0.292. The molecule has 4 aromatic heterocycles. The Labute approximate surface area is 191 Å².